The van der Waals surface area contributed by atoms with Gasteiger partial charge in [-0.2, -0.15) is 0 Å². The second-order valence-electron chi connectivity index (χ2n) is 8.38. The third kappa shape index (κ3) is 4.23. The van der Waals surface area contributed by atoms with Crippen molar-refractivity contribution in [1.29, 1.82) is 0 Å². The zero-order valence-electron chi connectivity index (χ0n) is 15.3. The maximum absolute atomic E-state index is 13.0. The van der Waals surface area contributed by atoms with Crippen LogP contribution in [-0.4, -0.2) is 35.0 Å². The van der Waals surface area contributed by atoms with Gasteiger partial charge in [0.05, 0.1) is 5.92 Å². The van der Waals surface area contributed by atoms with Crippen molar-refractivity contribution in [2.45, 2.75) is 46.0 Å². The summed E-state index contributed by atoms with van der Waals surface area (Å²) in [6.07, 6.45) is 5.00. The predicted octanol–water partition coefficient (Wildman–Crippen LogP) is 3.60. The smallest absolute Gasteiger partial charge is 0.308 e. The Morgan fingerprint density at radius 3 is 2.44 bits per heavy atom. The highest BCUT2D eigenvalue weighted by Crippen LogP contribution is 2.45. The lowest BCUT2D eigenvalue weighted by molar-refractivity contribution is -0.143. The van der Waals surface area contributed by atoms with E-state index in [1.54, 1.807) is 0 Å². The van der Waals surface area contributed by atoms with Crippen LogP contribution in [0, 0.1) is 23.2 Å². The number of carbonyl (C=O) groups is 2. The lowest BCUT2D eigenvalue weighted by atomic mass is 9.85. The average molecular weight is 343 g/mol. The van der Waals surface area contributed by atoms with Gasteiger partial charge in [0.2, 0.25) is 5.91 Å². The highest BCUT2D eigenvalue weighted by molar-refractivity contribution is 5.83. The number of hydrogen-bond acceptors (Lipinski definition) is 2. The van der Waals surface area contributed by atoms with Crippen molar-refractivity contribution in [3.05, 3.63) is 35.9 Å². The Morgan fingerprint density at radius 1 is 1.16 bits per heavy atom. The van der Waals surface area contributed by atoms with Crippen LogP contribution in [0.4, 0.5) is 0 Å². The number of amides is 1. The number of nitrogens with zero attached hydrogens (tertiary/aromatic N) is 1. The van der Waals surface area contributed by atoms with Gasteiger partial charge in [0.1, 0.15) is 0 Å². The Bertz CT molecular complexity index is 621. The summed E-state index contributed by atoms with van der Waals surface area (Å²) in [7, 11) is 0. The SMILES string of the molecule is CC(C)(CCCc1ccccc1)C(=O)N1C[C@H](C(=O)O)[C@@H](C2CC2)C1. The summed E-state index contributed by atoms with van der Waals surface area (Å²) < 4.78 is 0. The van der Waals surface area contributed by atoms with E-state index in [0.717, 1.165) is 32.1 Å². The third-order valence-corrected chi connectivity index (χ3v) is 5.89. The van der Waals surface area contributed by atoms with E-state index in [-0.39, 0.29) is 17.7 Å². The molecule has 1 saturated carbocycles. The van der Waals surface area contributed by atoms with Gasteiger partial charge in [-0.1, -0.05) is 44.2 Å². The first-order valence-electron chi connectivity index (χ1n) is 9.44. The summed E-state index contributed by atoms with van der Waals surface area (Å²) in [4.78, 5) is 26.4. The molecule has 1 aromatic carbocycles. The van der Waals surface area contributed by atoms with E-state index in [1.807, 2.05) is 36.9 Å². The highest BCUT2D eigenvalue weighted by Gasteiger charge is 2.48. The fourth-order valence-corrected chi connectivity index (χ4v) is 4.17. The number of aryl methyl sites for hydroxylation is 1. The maximum Gasteiger partial charge on any atom is 0.308 e. The molecular weight excluding hydrogens is 314 g/mol. The minimum Gasteiger partial charge on any atom is -0.481 e. The minimum absolute atomic E-state index is 0.120. The van der Waals surface area contributed by atoms with Gasteiger partial charge in [-0.05, 0) is 49.5 Å². The Labute approximate surface area is 150 Å². The van der Waals surface area contributed by atoms with E-state index in [0.29, 0.717) is 19.0 Å². The lowest BCUT2D eigenvalue weighted by Crippen LogP contribution is -2.40. The Balaban J connectivity index is 1.56. The van der Waals surface area contributed by atoms with Gasteiger partial charge in [0, 0.05) is 18.5 Å². The molecule has 4 heteroatoms. The topological polar surface area (TPSA) is 57.6 Å². The number of rotatable bonds is 7. The van der Waals surface area contributed by atoms with Crippen molar-refractivity contribution in [3.63, 3.8) is 0 Å². The van der Waals surface area contributed by atoms with Gasteiger partial charge >= 0.3 is 5.97 Å². The zero-order valence-corrected chi connectivity index (χ0v) is 15.3. The molecule has 0 aromatic heterocycles. The highest BCUT2D eigenvalue weighted by atomic mass is 16.4. The Hall–Kier alpha value is -1.84. The Kier molecular flexibility index (Phi) is 5.16. The molecule has 0 bridgehead atoms. The summed E-state index contributed by atoms with van der Waals surface area (Å²) in [5.74, 6) is -0.331. The lowest BCUT2D eigenvalue weighted by Gasteiger charge is -2.29. The van der Waals surface area contributed by atoms with E-state index in [1.165, 1.54) is 5.56 Å². The molecule has 1 aromatic rings. The van der Waals surface area contributed by atoms with Crippen LogP contribution in [0.1, 0.15) is 45.1 Å². The van der Waals surface area contributed by atoms with Gasteiger partial charge < -0.3 is 10.0 Å². The summed E-state index contributed by atoms with van der Waals surface area (Å²) in [6, 6.07) is 10.3. The van der Waals surface area contributed by atoms with Crippen LogP contribution in [0.5, 0.6) is 0 Å². The number of hydrogen-bond donors (Lipinski definition) is 1. The standard InChI is InChI=1S/C21H29NO3/c1-21(2,12-6-9-15-7-4-3-5-8-15)20(25)22-13-17(16-10-11-16)18(14-22)19(23)24/h3-5,7-8,16-18H,6,9-14H2,1-2H3,(H,23,24)/t17-,18+/m1/s1. The molecule has 1 aliphatic heterocycles. The maximum atomic E-state index is 13.0. The van der Waals surface area contributed by atoms with Crippen molar-refractivity contribution in [2.24, 2.45) is 23.2 Å². The third-order valence-electron chi connectivity index (χ3n) is 5.89. The van der Waals surface area contributed by atoms with Crippen molar-refractivity contribution in [1.82, 2.24) is 4.90 Å². The van der Waals surface area contributed by atoms with Crippen LogP contribution < -0.4 is 0 Å². The van der Waals surface area contributed by atoms with E-state index in [9.17, 15) is 14.7 Å². The number of aliphatic carboxylic acids is 1. The summed E-state index contributed by atoms with van der Waals surface area (Å²) in [6.45, 7) is 5.02. The van der Waals surface area contributed by atoms with Crippen LogP contribution >= 0.6 is 0 Å². The second kappa shape index (κ2) is 7.19. The molecule has 4 nitrogen and oxygen atoms in total. The number of benzene rings is 1. The first-order valence-corrected chi connectivity index (χ1v) is 9.44. The van der Waals surface area contributed by atoms with E-state index in [2.05, 4.69) is 12.1 Å². The molecular formula is C21H29NO3. The van der Waals surface area contributed by atoms with Gasteiger partial charge in [0.25, 0.3) is 0 Å². The van der Waals surface area contributed by atoms with Gasteiger partial charge in [-0.3, -0.25) is 9.59 Å². The quantitative estimate of drug-likeness (QED) is 0.823. The molecule has 1 amide bonds. The van der Waals surface area contributed by atoms with Crippen molar-refractivity contribution >= 4 is 11.9 Å². The molecule has 2 fully saturated rings. The monoisotopic (exact) mass is 343 g/mol. The molecule has 1 aliphatic carbocycles. The van der Waals surface area contributed by atoms with Crippen molar-refractivity contribution in [2.75, 3.05) is 13.1 Å². The predicted molar refractivity (Wildman–Crippen MR) is 97.1 cm³/mol. The average Bonchev–Trinajstić information content (AvgIpc) is 3.33. The summed E-state index contributed by atoms with van der Waals surface area (Å²) >= 11 is 0. The van der Waals surface area contributed by atoms with Crippen LogP contribution in [0.3, 0.4) is 0 Å². The number of carbonyl (C=O) groups excluding carboxylic acids is 1. The second-order valence-corrected chi connectivity index (χ2v) is 8.38. The fourth-order valence-electron chi connectivity index (χ4n) is 4.17. The summed E-state index contributed by atoms with van der Waals surface area (Å²) in [5, 5.41) is 9.49. The first-order chi connectivity index (χ1) is 11.9. The molecule has 3 rings (SSSR count). The van der Waals surface area contributed by atoms with E-state index >= 15 is 0 Å². The van der Waals surface area contributed by atoms with Gasteiger partial charge in [0.15, 0.2) is 0 Å². The zero-order chi connectivity index (χ0) is 18.0. The van der Waals surface area contributed by atoms with Crippen LogP contribution in [0.2, 0.25) is 0 Å². The molecule has 1 N–H and O–H groups in total. The summed E-state index contributed by atoms with van der Waals surface area (Å²) in [5.41, 5.74) is 0.864. The molecule has 25 heavy (non-hydrogen) atoms. The van der Waals surface area contributed by atoms with Crippen LogP contribution in [0.25, 0.3) is 0 Å². The Morgan fingerprint density at radius 2 is 1.84 bits per heavy atom. The molecule has 136 valence electrons. The molecule has 0 unspecified atom stereocenters. The van der Waals surface area contributed by atoms with Gasteiger partial charge in [-0.15, -0.1) is 0 Å². The first kappa shape index (κ1) is 18.0. The molecule has 0 spiro atoms. The molecule has 2 atom stereocenters. The fraction of sp³-hybridized carbons (Fsp3) is 0.619. The molecule has 2 aliphatic rings. The van der Waals surface area contributed by atoms with E-state index in [4.69, 9.17) is 0 Å². The van der Waals surface area contributed by atoms with Crippen LogP contribution in [0.15, 0.2) is 30.3 Å². The molecule has 1 heterocycles. The number of carboxylic acids is 1. The normalized spacial score (nSPS) is 23.7. The molecule has 0 radical (unpaired) electrons. The molecule has 1 saturated heterocycles. The van der Waals surface area contributed by atoms with Crippen molar-refractivity contribution in [3.8, 4) is 0 Å². The van der Waals surface area contributed by atoms with Crippen LogP contribution in [-0.2, 0) is 16.0 Å². The van der Waals surface area contributed by atoms with Crippen molar-refractivity contribution < 1.29 is 14.7 Å². The number of likely N-dealkylation sites (tertiary alicyclic amines) is 1. The largest absolute Gasteiger partial charge is 0.481 e. The van der Waals surface area contributed by atoms with Gasteiger partial charge in [-0.25, -0.2) is 0 Å². The van der Waals surface area contributed by atoms with E-state index < -0.39 is 11.4 Å². The number of carboxylic acid groups (broad SMARTS) is 1. The minimum atomic E-state index is -0.742.